The number of hydrogen-bond donors (Lipinski definition) is 2. The Balaban J connectivity index is 2.95. The van der Waals surface area contributed by atoms with Crippen molar-refractivity contribution >= 4 is 5.82 Å². The van der Waals surface area contributed by atoms with Gasteiger partial charge in [0.1, 0.15) is 5.82 Å². The Kier molecular flexibility index (Phi) is 3.89. The lowest BCUT2D eigenvalue weighted by molar-refractivity contribution is 0.354. The fourth-order valence-electron chi connectivity index (χ4n) is 1.55. The van der Waals surface area contributed by atoms with E-state index in [9.17, 15) is 9.59 Å². The van der Waals surface area contributed by atoms with E-state index in [1.165, 1.54) is 10.6 Å². The minimum atomic E-state index is -0.460. The molecule has 0 bridgehead atoms. The summed E-state index contributed by atoms with van der Waals surface area (Å²) in [5.74, 6) is 0.208. The molecule has 16 heavy (non-hydrogen) atoms. The molecule has 0 aliphatic rings. The number of nitrogens with one attached hydrogen (secondary N) is 1. The van der Waals surface area contributed by atoms with Crippen molar-refractivity contribution in [3.05, 3.63) is 26.9 Å². The van der Waals surface area contributed by atoms with E-state index >= 15 is 0 Å². The maximum atomic E-state index is 11.6. The monoisotopic (exact) mass is 226 g/mol. The number of anilines is 1. The largest absolute Gasteiger partial charge is 0.385 e. The van der Waals surface area contributed by atoms with Crippen molar-refractivity contribution in [3.63, 3.8) is 0 Å². The highest BCUT2D eigenvalue weighted by molar-refractivity contribution is 5.26. The smallest absolute Gasteiger partial charge is 0.330 e. The van der Waals surface area contributed by atoms with Crippen LogP contribution in [-0.2, 0) is 0 Å². The molecular formula is C10H18N4O2. The summed E-state index contributed by atoms with van der Waals surface area (Å²) >= 11 is 0. The Bertz CT molecular complexity index is 461. The second-order valence-electron chi connectivity index (χ2n) is 4.17. The van der Waals surface area contributed by atoms with Gasteiger partial charge >= 0.3 is 5.69 Å². The van der Waals surface area contributed by atoms with Gasteiger partial charge in [-0.1, -0.05) is 0 Å². The van der Waals surface area contributed by atoms with E-state index in [1.54, 1.807) is 0 Å². The molecule has 0 fully saturated rings. The SMILES string of the molecule is CC(CCN(C)C)n1c(N)cc(=O)[nH]c1=O. The van der Waals surface area contributed by atoms with Crippen LogP contribution in [0.25, 0.3) is 0 Å². The second-order valence-corrected chi connectivity index (χ2v) is 4.17. The highest BCUT2D eigenvalue weighted by Gasteiger charge is 2.10. The van der Waals surface area contributed by atoms with E-state index in [1.807, 2.05) is 25.9 Å². The van der Waals surface area contributed by atoms with Gasteiger partial charge in [0.25, 0.3) is 5.56 Å². The molecule has 6 nitrogen and oxygen atoms in total. The minimum Gasteiger partial charge on any atom is -0.385 e. The summed E-state index contributed by atoms with van der Waals surface area (Å²) in [6.45, 7) is 2.76. The summed E-state index contributed by atoms with van der Waals surface area (Å²) in [4.78, 5) is 26.8. The number of nitrogens with two attached hydrogens (primary N) is 1. The summed E-state index contributed by atoms with van der Waals surface area (Å²) in [6.07, 6.45) is 0.795. The Labute approximate surface area is 93.7 Å². The van der Waals surface area contributed by atoms with E-state index in [0.29, 0.717) is 0 Å². The van der Waals surface area contributed by atoms with Crippen LogP contribution in [0, 0.1) is 0 Å². The van der Waals surface area contributed by atoms with Crippen LogP contribution < -0.4 is 17.0 Å². The number of hydrogen-bond acceptors (Lipinski definition) is 4. The van der Waals surface area contributed by atoms with Crippen LogP contribution in [0.15, 0.2) is 15.7 Å². The maximum absolute atomic E-state index is 11.6. The van der Waals surface area contributed by atoms with Crippen LogP contribution in [0.4, 0.5) is 5.82 Å². The number of H-pyrrole nitrogens is 1. The van der Waals surface area contributed by atoms with Crippen LogP contribution in [-0.4, -0.2) is 35.1 Å². The summed E-state index contributed by atoms with van der Waals surface area (Å²) in [6, 6.07) is 1.19. The molecule has 0 aromatic carbocycles. The zero-order valence-corrected chi connectivity index (χ0v) is 9.86. The molecule has 0 aliphatic heterocycles. The number of rotatable bonds is 4. The maximum Gasteiger partial charge on any atom is 0.330 e. The summed E-state index contributed by atoms with van der Waals surface area (Å²) < 4.78 is 1.41. The Morgan fingerprint density at radius 3 is 2.62 bits per heavy atom. The molecule has 90 valence electrons. The molecule has 1 heterocycles. The topological polar surface area (TPSA) is 84.1 Å². The van der Waals surface area contributed by atoms with Gasteiger partial charge in [-0.2, -0.15) is 0 Å². The van der Waals surface area contributed by atoms with Gasteiger partial charge in [-0.3, -0.25) is 14.3 Å². The number of nitrogen functional groups attached to an aromatic ring is 1. The van der Waals surface area contributed by atoms with Gasteiger partial charge in [0.2, 0.25) is 0 Å². The average molecular weight is 226 g/mol. The first-order valence-corrected chi connectivity index (χ1v) is 5.18. The standard InChI is InChI=1S/C10H18N4O2/c1-7(4-5-13(2)3)14-8(11)6-9(15)12-10(14)16/h6-7H,4-5,11H2,1-3H3,(H,12,15,16). The van der Waals surface area contributed by atoms with Crippen molar-refractivity contribution in [2.45, 2.75) is 19.4 Å². The van der Waals surface area contributed by atoms with Crippen LogP contribution in [0.2, 0.25) is 0 Å². The Morgan fingerprint density at radius 2 is 2.12 bits per heavy atom. The Morgan fingerprint density at radius 1 is 1.50 bits per heavy atom. The number of aromatic nitrogens is 2. The third kappa shape index (κ3) is 2.96. The first-order chi connectivity index (χ1) is 7.41. The average Bonchev–Trinajstić information content (AvgIpc) is 2.12. The zero-order chi connectivity index (χ0) is 12.3. The first-order valence-electron chi connectivity index (χ1n) is 5.18. The van der Waals surface area contributed by atoms with Crippen molar-refractivity contribution in [2.75, 3.05) is 26.4 Å². The van der Waals surface area contributed by atoms with Gasteiger partial charge in [-0.05, 0) is 34.0 Å². The third-order valence-corrected chi connectivity index (χ3v) is 2.44. The molecule has 0 spiro atoms. The molecule has 1 aromatic heterocycles. The van der Waals surface area contributed by atoms with Gasteiger partial charge < -0.3 is 10.6 Å². The number of aromatic amines is 1. The van der Waals surface area contributed by atoms with Crippen LogP contribution in [0.5, 0.6) is 0 Å². The Hall–Kier alpha value is -1.56. The highest BCUT2D eigenvalue weighted by Crippen LogP contribution is 2.10. The molecule has 1 aromatic rings. The lowest BCUT2D eigenvalue weighted by atomic mass is 10.2. The zero-order valence-electron chi connectivity index (χ0n) is 9.86. The quantitative estimate of drug-likeness (QED) is 0.733. The molecule has 0 amide bonds. The fraction of sp³-hybridized carbons (Fsp3) is 0.600. The van der Waals surface area contributed by atoms with Crippen LogP contribution in [0.1, 0.15) is 19.4 Å². The van der Waals surface area contributed by atoms with Crippen molar-refractivity contribution < 1.29 is 0 Å². The highest BCUT2D eigenvalue weighted by atomic mass is 16.2. The lowest BCUT2D eigenvalue weighted by Gasteiger charge is -2.18. The fourth-order valence-corrected chi connectivity index (χ4v) is 1.55. The molecule has 3 N–H and O–H groups in total. The molecule has 1 unspecified atom stereocenters. The summed E-state index contributed by atoms with van der Waals surface area (Å²) in [5, 5.41) is 0. The van der Waals surface area contributed by atoms with E-state index < -0.39 is 11.2 Å². The van der Waals surface area contributed by atoms with E-state index in [2.05, 4.69) is 4.98 Å². The van der Waals surface area contributed by atoms with Gasteiger partial charge in [0.15, 0.2) is 0 Å². The summed E-state index contributed by atoms with van der Waals surface area (Å²) in [5.41, 5.74) is 4.75. The molecule has 1 atom stereocenters. The van der Waals surface area contributed by atoms with Gasteiger partial charge in [0.05, 0.1) is 0 Å². The molecule has 0 saturated heterocycles. The molecule has 0 saturated carbocycles. The van der Waals surface area contributed by atoms with Crippen molar-refractivity contribution in [3.8, 4) is 0 Å². The minimum absolute atomic E-state index is 0.0354. The van der Waals surface area contributed by atoms with Crippen molar-refractivity contribution in [1.29, 1.82) is 0 Å². The molecule has 0 radical (unpaired) electrons. The third-order valence-electron chi connectivity index (χ3n) is 2.44. The van der Waals surface area contributed by atoms with Crippen LogP contribution >= 0.6 is 0 Å². The van der Waals surface area contributed by atoms with E-state index in [0.717, 1.165) is 13.0 Å². The molecule has 1 rings (SSSR count). The lowest BCUT2D eigenvalue weighted by Crippen LogP contribution is -2.34. The van der Waals surface area contributed by atoms with Gasteiger partial charge in [-0.15, -0.1) is 0 Å². The second kappa shape index (κ2) is 4.98. The first kappa shape index (κ1) is 12.5. The van der Waals surface area contributed by atoms with E-state index in [4.69, 9.17) is 5.73 Å². The van der Waals surface area contributed by atoms with Gasteiger partial charge in [-0.25, -0.2) is 4.79 Å². The van der Waals surface area contributed by atoms with E-state index in [-0.39, 0.29) is 11.9 Å². The van der Waals surface area contributed by atoms with Crippen LogP contribution in [0.3, 0.4) is 0 Å². The number of nitrogens with zero attached hydrogens (tertiary/aromatic N) is 2. The molecular weight excluding hydrogens is 208 g/mol. The molecule has 6 heteroatoms. The van der Waals surface area contributed by atoms with Crippen molar-refractivity contribution in [1.82, 2.24) is 14.5 Å². The predicted molar refractivity (Wildman–Crippen MR) is 63.6 cm³/mol. The normalized spacial score (nSPS) is 13.0. The molecule has 0 aliphatic carbocycles. The summed E-state index contributed by atoms with van der Waals surface area (Å²) in [7, 11) is 3.93. The van der Waals surface area contributed by atoms with Crippen molar-refractivity contribution in [2.24, 2.45) is 0 Å². The predicted octanol–water partition coefficient (Wildman–Crippen LogP) is -0.368. The van der Waals surface area contributed by atoms with Gasteiger partial charge in [0, 0.05) is 12.1 Å².